The maximum atomic E-state index is 13.8. The van der Waals surface area contributed by atoms with E-state index in [0.29, 0.717) is 25.2 Å². The van der Waals surface area contributed by atoms with E-state index in [1.54, 1.807) is 30.6 Å². The molecule has 0 N–H and O–H groups in total. The molecule has 25 heavy (non-hydrogen) atoms. The van der Waals surface area contributed by atoms with Gasteiger partial charge in [0.05, 0.1) is 18.7 Å². The van der Waals surface area contributed by atoms with Gasteiger partial charge in [0.25, 0.3) is 0 Å². The summed E-state index contributed by atoms with van der Waals surface area (Å²) in [5.74, 6) is -0.370. The molecule has 0 aliphatic carbocycles. The van der Waals surface area contributed by atoms with Crippen LogP contribution < -0.4 is 0 Å². The van der Waals surface area contributed by atoms with E-state index in [-0.39, 0.29) is 18.1 Å². The SMILES string of the molecule is O=C(Cc1ccccc1F)N1CCC2=C(C1)C(c1ccncc1)=NC2. The normalized spacial score (nSPS) is 16.7. The van der Waals surface area contributed by atoms with Crippen LogP contribution in [0.15, 0.2) is 64.9 Å². The fraction of sp³-hybridized carbons (Fsp3) is 0.250. The highest BCUT2D eigenvalue weighted by atomic mass is 19.1. The molecule has 1 aromatic carbocycles. The van der Waals surface area contributed by atoms with Crippen molar-refractivity contribution in [3.05, 3.63) is 76.9 Å². The first-order valence-electron chi connectivity index (χ1n) is 8.39. The van der Waals surface area contributed by atoms with Crippen LogP contribution in [0.4, 0.5) is 4.39 Å². The first-order valence-corrected chi connectivity index (χ1v) is 8.39. The molecule has 0 saturated carbocycles. The number of amides is 1. The number of hydrogen-bond acceptors (Lipinski definition) is 3. The summed E-state index contributed by atoms with van der Waals surface area (Å²) in [4.78, 5) is 23.2. The van der Waals surface area contributed by atoms with Crippen molar-refractivity contribution in [1.82, 2.24) is 9.88 Å². The molecule has 0 saturated heterocycles. The number of pyridine rings is 1. The number of nitrogens with zero attached hydrogens (tertiary/aromatic N) is 3. The molecular weight excluding hydrogens is 317 g/mol. The van der Waals surface area contributed by atoms with Crippen molar-refractivity contribution in [2.75, 3.05) is 19.6 Å². The van der Waals surface area contributed by atoms with E-state index in [4.69, 9.17) is 0 Å². The number of halogens is 1. The van der Waals surface area contributed by atoms with Crippen molar-refractivity contribution in [2.45, 2.75) is 12.8 Å². The fourth-order valence-corrected chi connectivity index (χ4v) is 3.39. The molecule has 0 atom stereocenters. The van der Waals surface area contributed by atoms with E-state index < -0.39 is 0 Å². The van der Waals surface area contributed by atoms with Crippen molar-refractivity contribution >= 4 is 11.6 Å². The average Bonchev–Trinajstić information content (AvgIpc) is 3.07. The minimum absolute atomic E-state index is 0.0439. The number of rotatable bonds is 3. The molecule has 2 aliphatic rings. The lowest BCUT2D eigenvalue weighted by Gasteiger charge is -2.29. The third kappa shape index (κ3) is 3.09. The monoisotopic (exact) mass is 335 g/mol. The Balaban J connectivity index is 1.51. The Morgan fingerprint density at radius 1 is 1.16 bits per heavy atom. The minimum atomic E-state index is -0.326. The van der Waals surface area contributed by atoms with Gasteiger partial charge in [0.15, 0.2) is 0 Å². The molecule has 2 aliphatic heterocycles. The summed E-state index contributed by atoms with van der Waals surface area (Å²) in [6.07, 6.45) is 4.42. The lowest BCUT2D eigenvalue weighted by molar-refractivity contribution is -0.130. The Morgan fingerprint density at radius 3 is 2.76 bits per heavy atom. The summed E-state index contributed by atoms with van der Waals surface area (Å²) in [7, 11) is 0. The van der Waals surface area contributed by atoms with Gasteiger partial charge < -0.3 is 4.90 Å². The van der Waals surface area contributed by atoms with Crippen molar-refractivity contribution < 1.29 is 9.18 Å². The van der Waals surface area contributed by atoms with Gasteiger partial charge >= 0.3 is 0 Å². The summed E-state index contributed by atoms with van der Waals surface area (Å²) in [6.45, 7) is 1.93. The van der Waals surface area contributed by atoms with Crippen LogP contribution in [0.3, 0.4) is 0 Å². The fourth-order valence-electron chi connectivity index (χ4n) is 3.39. The highest BCUT2D eigenvalue weighted by Crippen LogP contribution is 2.27. The van der Waals surface area contributed by atoms with E-state index in [9.17, 15) is 9.18 Å². The van der Waals surface area contributed by atoms with Gasteiger partial charge in [-0.2, -0.15) is 0 Å². The quantitative estimate of drug-likeness (QED) is 0.866. The largest absolute Gasteiger partial charge is 0.338 e. The smallest absolute Gasteiger partial charge is 0.227 e. The van der Waals surface area contributed by atoms with Crippen molar-refractivity contribution in [3.8, 4) is 0 Å². The third-order valence-electron chi connectivity index (χ3n) is 4.78. The molecule has 4 rings (SSSR count). The highest BCUT2D eigenvalue weighted by Gasteiger charge is 2.29. The van der Waals surface area contributed by atoms with Gasteiger partial charge in [0.1, 0.15) is 5.82 Å². The number of aliphatic imine (C=N–C) groups is 1. The predicted molar refractivity (Wildman–Crippen MR) is 94.0 cm³/mol. The molecule has 0 bridgehead atoms. The van der Waals surface area contributed by atoms with Crippen LogP contribution in [0, 0.1) is 5.82 Å². The van der Waals surface area contributed by atoms with Crippen LogP contribution in [-0.2, 0) is 11.2 Å². The van der Waals surface area contributed by atoms with Gasteiger partial charge in [0, 0.05) is 31.0 Å². The Labute approximate surface area is 145 Å². The molecule has 3 heterocycles. The molecule has 0 spiro atoms. The third-order valence-corrected chi connectivity index (χ3v) is 4.78. The van der Waals surface area contributed by atoms with Crippen LogP contribution in [-0.4, -0.2) is 41.1 Å². The number of hydrogen-bond donors (Lipinski definition) is 0. The number of carbonyl (C=O) groups is 1. The van der Waals surface area contributed by atoms with Crippen LogP contribution in [0.1, 0.15) is 17.5 Å². The Kier molecular flexibility index (Phi) is 4.14. The second-order valence-corrected chi connectivity index (χ2v) is 6.32. The Bertz CT molecular complexity index is 874. The average molecular weight is 335 g/mol. The highest BCUT2D eigenvalue weighted by molar-refractivity contribution is 6.15. The molecule has 5 heteroatoms. The molecule has 4 nitrogen and oxygen atoms in total. The maximum absolute atomic E-state index is 13.8. The van der Waals surface area contributed by atoms with Gasteiger partial charge in [-0.25, -0.2) is 4.39 Å². The molecule has 2 aromatic rings. The molecular formula is C20H18FN3O. The number of carbonyl (C=O) groups excluding carboxylic acids is 1. The lowest BCUT2D eigenvalue weighted by atomic mass is 9.95. The zero-order valence-electron chi connectivity index (χ0n) is 13.8. The van der Waals surface area contributed by atoms with Crippen molar-refractivity contribution in [1.29, 1.82) is 0 Å². The zero-order chi connectivity index (χ0) is 17.2. The van der Waals surface area contributed by atoms with Crippen molar-refractivity contribution in [3.63, 3.8) is 0 Å². The minimum Gasteiger partial charge on any atom is -0.338 e. The van der Waals surface area contributed by atoms with Crippen LogP contribution in [0.5, 0.6) is 0 Å². The van der Waals surface area contributed by atoms with Crippen molar-refractivity contribution in [2.24, 2.45) is 4.99 Å². The van der Waals surface area contributed by atoms with E-state index in [0.717, 1.165) is 23.3 Å². The van der Waals surface area contributed by atoms with E-state index in [1.165, 1.54) is 11.6 Å². The topological polar surface area (TPSA) is 45.6 Å². The zero-order valence-corrected chi connectivity index (χ0v) is 13.8. The predicted octanol–water partition coefficient (Wildman–Crippen LogP) is 2.80. The van der Waals surface area contributed by atoms with E-state index in [1.807, 2.05) is 17.0 Å². The Morgan fingerprint density at radius 2 is 1.96 bits per heavy atom. The molecule has 126 valence electrons. The Hall–Kier alpha value is -2.82. The van der Waals surface area contributed by atoms with Crippen LogP contribution in [0.2, 0.25) is 0 Å². The number of aromatic nitrogens is 1. The van der Waals surface area contributed by atoms with Gasteiger partial charge in [-0.1, -0.05) is 18.2 Å². The molecule has 1 amide bonds. The van der Waals surface area contributed by atoms with Gasteiger partial charge in [-0.15, -0.1) is 0 Å². The van der Waals surface area contributed by atoms with Gasteiger partial charge in [-0.3, -0.25) is 14.8 Å². The number of benzene rings is 1. The van der Waals surface area contributed by atoms with Gasteiger partial charge in [0.2, 0.25) is 5.91 Å². The lowest BCUT2D eigenvalue weighted by Crippen LogP contribution is -2.39. The van der Waals surface area contributed by atoms with E-state index >= 15 is 0 Å². The molecule has 1 aromatic heterocycles. The maximum Gasteiger partial charge on any atom is 0.227 e. The molecule has 0 radical (unpaired) electrons. The first kappa shape index (κ1) is 15.7. The van der Waals surface area contributed by atoms with E-state index in [2.05, 4.69) is 9.98 Å². The molecule has 0 fully saturated rings. The second kappa shape index (κ2) is 6.59. The van der Waals surface area contributed by atoms with Crippen LogP contribution in [0.25, 0.3) is 0 Å². The molecule has 0 unspecified atom stereocenters. The summed E-state index contributed by atoms with van der Waals surface area (Å²) in [6, 6.07) is 10.3. The summed E-state index contributed by atoms with van der Waals surface area (Å²) in [5, 5.41) is 0. The van der Waals surface area contributed by atoms with Gasteiger partial charge in [-0.05, 0) is 41.3 Å². The summed E-state index contributed by atoms with van der Waals surface area (Å²) >= 11 is 0. The first-order chi connectivity index (χ1) is 12.2. The standard InChI is InChI=1S/C20H18FN3O/c21-18-4-2-1-3-15(18)11-19(25)24-10-7-16-12-23-20(17(16)13-24)14-5-8-22-9-6-14/h1-6,8-9H,7,10-13H2. The second-order valence-electron chi connectivity index (χ2n) is 6.32. The van der Waals surface area contributed by atoms with Crippen LogP contribution >= 0.6 is 0 Å². The summed E-state index contributed by atoms with van der Waals surface area (Å²) < 4.78 is 13.8. The summed E-state index contributed by atoms with van der Waals surface area (Å²) in [5.41, 5.74) is 4.88.